The summed E-state index contributed by atoms with van der Waals surface area (Å²) in [5, 5.41) is 13.5. The van der Waals surface area contributed by atoms with E-state index in [0.29, 0.717) is 17.4 Å². The zero-order chi connectivity index (χ0) is 40.0. The molecule has 0 aliphatic rings. The number of likely N-dealkylation sites (N-methyl/N-ethyl adjacent to an activating group) is 1. The van der Waals surface area contributed by atoms with Crippen LogP contribution in [0.3, 0.4) is 0 Å². The van der Waals surface area contributed by atoms with Gasteiger partial charge in [-0.25, -0.2) is 0 Å². The molecular weight excluding hydrogens is 695 g/mol. The van der Waals surface area contributed by atoms with Gasteiger partial charge in [-0.1, -0.05) is 143 Å². The van der Waals surface area contributed by atoms with Crippen LogP contribution in [0, 0.1) is 0 Å². The first-order chi connectivity index (χ1) is 26.0. The Hall–Kier alpha value is -2.58. The number of aliphatic hydroxyl groups is 1. The topological polar surface area (TPSA) is 108 Å². The zero-order valence-electron chi connectivity index (χ0n) is 34.6. The molecule has 8 nitrogen and oxygen atoms in total. The predicted octanol–water partition coefficient (Wildman–Crippen LogP) is 10.6. The number of carbonyl (C=O) groups excluding carboxylic acids is 1. The first-order valence-corrected chi connectivity index (χ1v) is 22.1. The normalized spacial score (nSPS) is 15.5. The minimum absolute atomic E-state index is 0.0121. The highest BCUT2D eigenvalue weighted by Gasteiger charge is 2.23. The molecule has 0 aromatic rings. The molecule has 0 heterocycles. The number of quaternary nitrogens is 1. The summed E-state index contributed by atoms with van der Waals surface area (Å²) < 4.78 is 22.9. The van der Waals surface area contributed by atoms with Gasteiger partial charge in [-0.05, 0) is 77.0 Å². The van der Waals surface area contributed by atoms with Gasteiger partial charge in [-0.2, -0.15) is 0 Å². The van der Waals surface area contributed by atoms with Crippen LogP contribution in [-0.2, 0) is 18.4 Å². The van der Waals surface area contributed by atoms with Gasteiger partial charge in [-0.3, -0.25) is 9.36 Å². The molecule has 0 fully saturated rings. The van der Waals surface area contributed by atoms with Crippen molar-refractivity contribution in [3.05, 3.63) is 97.2 Å². The fourth-order valence-electron chi connectivity index (χ4n) is 5.01. The number of unbranched alkanes of at least 4 members (excludes halogenated alkanes) is 8. The summed E-state index contributed by atoms with van der Waals surface area (Å²) in [7, 11) is 1.22. The average molecular weight is 773 g/mol. The number of carbonyl (C=O) groups is 1. The third kappa shape index (κ3) is 37.7. The Bertz CT molecular complexity index is 1190. The number of hydrogen-bond donors (Lipinski definition) is 2. The number of hydrogen-bond acceptors (Lipinski definition) is 6. The van der Waals surface area contributed by atoms with Gasteiger partial charge in [0.15, 0.2) is 0 Å². The second-order valence-electron chi connectivity index (χ2n) is 14.6. The average Bonchev–Trinajstić information content (AvgIpc) is 3.12. The van der Waals surface area contributed by atoms with E-state index in [1.54, 1.807) is 6.08 Å². The van der Waals surface area contributed by atoms with Gasteiger partial charge in [0.1, 0.15) is 13.2 Å². The second kappa shape index (κ2) is 36.1. The molecule has 308 valence electrons. The molecule has 0 radical (unpaired) electrons. The summed E-state index contributed by atoms with van der Waals surface area (Å²) in [6.45, 7) is 4.36. The maximum atomic E-state index is 12.7. The Kier molecular flexibility index (Phi) is 34.4. The van der Waals surface area contributed by atoms with Gasteiger partial charge < -0.3 is 28.8 Å². The summed E-state index contributed by atoms with van der Waals surface area (Å²) in [5.74, 6) is -0.231. The molecule has 0 saturated heterocycles. The van der Waals surface area contributed by atoms with Crippen molar-refractivity contribution in [2.45, 2.75) is 142 Å². The number of allylic oxidation sites excluding steroid dienone is 15. The first-order valence-electron chi connectivity index (χ1n) is 20.6. The highest BCUT2D eigenvalue weighted by atomic mass is 31.2. The molecule has 54 heavy (non-hydrogen) atoms. The van der Waals surface area contributed by atoms with Gasteiger partial charge in [0, 0.05) is 6.42 Å². The predicted molar refractivity (Wildman–Crippen MR) is 228 cm³/mol. The molecule has 2 N–H and O–H groups in total. The molecule has 3 atom stereocenters. The molecule has 0 saturated carbocycles. The molecule has 3 unspecified atom stereocenters. The van der Waals surface area contributed by atoms with Crippen LogP contribution in [0.2, 0.25) is 0 Å². The van der Waals surface area contributed by atoms with Crippen molar-refractivity contribution >= 4 is 13.7 Å². The SMILES string of the molecule is CC/C=C\C/C=C\C/C=C\C/C=C\C/C=C\C/C=C\C/C=C\CCCCCCCC(=O)NC(COP(=O)([O-])OCC[N+](C)(C)C)C(O)/C=C/CCCCC. The first kappa shape index (κ1) is 51.4. The fourth-order valence-corrected chi connectivity index (χ4v) is 5.73. The van der Waals surface area contributed by atoms with E-state index in [1.807, 2.05) is 27.2 Å². The molecule has 9 heteroatoms. The molecule has 0 aliphatic carbocycles. The largest absolute Gasteiger partial charge is 0.756 e. The van der Waals surface area contributed by atoms with Crippen molar-refractivity contribution in [3.8, 4) is 0 Å². The Morgan fingerprint density at radius 2 is 1.13 bits per heavy atom. The van der Waals surface area contributed by atoms with Gasteiger partial charge in [0.25, 0.3) is 7.82 Å². The quantitative estimate of drug-likeness (QED) is 0.0287. The Labute approximate surface area is 330 Å². The Morgan fingerprint density at radius 1 is 0.667 bits per heavy atom. The lowest BCUT2D eigenvalue weighted by Gasteiger charge is -2.29. The van der Waals surface area contributed by atoms with Crippen molar-refractivity contribution in [3.63, 3.8) is 0 Å². The van der Waals surface area contributed by atoms with E-state index in [-0.39, 0.29) is 12.5 Å². The van der Waals surface area contributed by atoms with Crippen molar-refractivity contribution in [1.82, 2.24) is 5.32 Å². The molecular formula is C45H77N2O6P. The Balaban J connectivity index is 4.19. The van der Waals surface area contributed by atoms with Crippen LogP contribution < -0.4 is 10.2 Å². The zero-order valence-corrected chi connectivity index (χ0v) is 35.5. The van der Waals surface area contributed by atoms with E-state index in [2.05, 4.69) is 104 Å². The Morgan fingerprint density at radius 3 is 1.65 bits per heavy atom. The highest BCUT2D eigenvalue weighted by molar-refractivity contribution is 7.45. The van der Waals surface area contributed by atoms with E-state index in [9.17, 15) is 19.4 Å². The van der Waals surface area contributed by atoms with E-state index < -0.39 is 26.6 Å². The summed E-state index contributed by atoms with van der Waals surface area (Å²) in [5.41, 5.74) is 0. The number of rotatable bonds is 35. The van der Waals surface area contributed by atoms with Crippen LogP contribution in [0.4, 0.5) is 0 Å². The fraction of sp³-hybridized carbons (Fsp3) is 0.622. The van der Waals surface area contributed by atoms with E-state index in [0.717, 1.165) is 109 Å². The van der Waals surface area contributed by atoms with Crippen molar-refractivity contribution in [2.24, 2.45) is 0 Å². The molecule has 0 aliphatic heterocycles. The van der Waals surface area contributed by atoms with E-state index in [4.69, 9.17) is 9.05 Å². The molecule has 0 spiro atoms. The number of nitrogens with zero attached hydrogens (tertiary/aromatic N) is 1. The standard InChI is InChI=1S/C45H77N2O6P/c1-6-8-10-12-13-14-15-16-17-18-19-20-21-22-23-24-25-26-27-28-29-30-31-32-33-35-37-39-45(49)46-43(44(48)38-36-34-11-9-7-2)42-53-54(50,51)52-41-40-47(3,4)5/h8,10,13-14,16-17,19-20,22-23,25-26,28-29,36,38,43-44,48H,6-7,9,11-12,15,18,21,24,27,30-35,37,39-42H2,1-5H3,(H-,46,49,50,51)/b10-8-,14-13-,17-16-,20-19-,23-22-,26-25-,29-28-,38-36+. The minimum atomic E-state index is -4.58. The summed E-state index contributed by atoms with van der Waals surface area (Å²) in [6.07, 6.45) is 50.7. The molecule has 0 rings (SSSR count). The van der Waals surface area contributed by atoms with Crippen LogP contribution in [0.1, 0.15) is 129 Å². The monoisotopic (exact) mass is 773 g/mol. The van der Waals surface area contributed by atoms with Gasteiger partial charge in [-0.15, -0.1) is 0 Å². The van der Waals surface area contributed by atoms with Gasteiger partial charge in [0.2, 0.25) is 5.91 Å². The van der Waals surface area contributed by atoms with Crippen molar-refractivity contribution in [1.29, 1.82) is 0 Å². The van der Waals surface area contributed by atoms with Crippen molar-refractivity contribution in [2.75, 3.05) is 40.9 Å². The van der Waals surface area contributed by atoms with Crippen LogP contribution in [0.5, 0.6) is 0 Å². The number of phosphoric ester groups is 1. The number of amides is 1. The number of nitrogens with one attached hydrogen (secondary N) is 1. The van der Waals surface area contributed by atoms with Gasteiger partial charge >= 0.3 is 0 Å². The van der Waals surface area contributed by atoms with Crippen molar-refractivity contribution < 1.29 is 32.9 Å². The minimum Gasteiger partial charge on any atom is -0.756 e. The molecule has 0 aromatic heterocycles. The van der Waals surface area contributed by atoms with E-state index >= 15 is 0 Å². The summed E-state index contributed by atoms with van der Waals surface area (Å²) in [4.78, 5) is 25.0. The molecule has 0 bridgehead atoms. The molecule has 1 amide bonds. The third-order valence-corrected chi connectivity index (χ3v) is 9.26. The van der Waals surface area contributed by atoms with Crippen LogP contribution in [0.15, 0.2) is 97.2 Å². The lowest BCUT2D eigenvalue weighted by atomic mass is 10.1. The lowest BCUT2D eigenvalue weighted by Crippen LogP contribution is -2.45. The number of phosphoric acid groups is 1. The summed E-state index contributed by atoms with van der Waals surface area (Å²) in [6, 6.07) is -0.899. The highest BCUT2D eigenvalue weighted by Crippen LogP contribution is 2.38. The van der Waals surface area contributed by atoms with Crippen LogP contribution in [0.25, 0.3) is 0 Å². The number of aliphatic hydroxyl groups excluding tert-OH is 1. The van der Waals surface area contributed by atoms with E-state index in [1.165, 1.54) is 0 Å². The molecule has 0 aromatic carbocycles. The maximum Gasteiger partial charge on any atom is 0.268 e. The van der Waals surface area contributed by atoms with Crippen LogP contribution in [-0.4, -0.2) is 68.5 Å². The third-order valence-electron chi connectivity index (χ3n) is 8.30. The lowest BCUT2D eigenvalue weighted by molar-refractivity contribution is -0.870. The summed E-state index contributed by atoms with van der Waals surface area (Å²) >= 11 is 0. The maximum absolute atomic E-state index is 12.7. The van der Waals surface area contributed by atoms with Gasteiger partial charge in [0.05, 0.1) is 39.9 Å². The van der Waals surface area contributed by atoms with Crippen LogP contribution >= 0.6 is 7.82 Å². The smallest absolute Gasteiger partial charge is 0.268 e. The second-order valence-corrected chi connectivity index (χ2v) is 16.0.